The van der Waals surface area contributed by atoms with Gasteiger partial charge in [0.15, 0.2) is 5.82 Å². The molecule has 4 rings (SSSR count). The lowest BCUT2D eigenvalue weighted by molar-refractivity contribution is -0.139. The number of ether oxygens (including phenoxy) is 1. The number of carboxylic acids is 1. The maximum Gasteiger partial charge on any atom is 0.326 e. The molecule has 9 heteroatoms. The summed E-state index contributed by atoms with van der Waals surface area (Å²) in [5, 5.41) is 16.5. The van der Waals surface area contributed by atoms with Gasteiger partial charge in [-0.3, -0.25) is 9.48 Å². The van der Waals surface area contributed by atoms with Gasteiger partial charge in [-0.1, -0.05) is 69.0 Å². The normalized spacial score (nSPS) is 11.8. The van der Waals surface area contributed by atoms with E-state index in [0.717, 1.165) is 41.0 Å². The maximum absolute atomic E-state index is 12.6. The average Bonchev–Trinajstić information content (AvgIpc) is 3.51. The van der Waals surface area contributed by atoms with Crippen molar-refractivity contribution in [3.8, 4) is 28.3 Å². The third-order valence-electron chi connectivity index (χ3n) is 7.00. The van der Waals surface area contributed by atoms with Crippen molar-refractivity contribution in [2.24, 2.45) is 0 Å². The molecule has 0 saturated heterocycles. The summed E-state index contributed by atoms with van der Waals surface area (Å²) in [6.45, 7) is 6.84. The quantitative estimate of drug-likeness (QED) is 0.160. The van der Waals surface area contributed by atoms with Crippen LogP contribution in [0.1, 0.15) is 74.8 Å². The minimum absolute atomic E-state index is 0.0988. The first-order valence-corrected chi connectivity index (χ1v) is 14.6. The van der Waals surface area contributed by atoms with E-state index in [1.165, 1.54) is 31.9 Å². The SMILES string of the molecule is CCCCCCCOc1ccc(-c2cnc(-c3ccc(CC(NC(=O)c4cnn(C(C)C)c4)C(=O)O)cc3)nc2)cc1. The summed E-state index contributed by atoms with van der Waals surface area (Å²) in [5.41, 5.74) is 3.81. The lowest BCUT2D eigenvalue weighted by Crippen LogP contribution is -2.42. The molecule has 0 radical (unpaired) electrons. The fourth-order valence-corrected chi connectivity index (χ4v) is 4.47. The van der Waals surface area contributed by atoms with Crippen LogP contribution in [0.2, 0.25) is 0 Å². The molecule has 0 aliphatic heterocycles. The van der Waals surface area contributed by atoms with Gasteiger partial charge in [-0.15, -0.1) is 0 Å². The van der Waals surface area contributed by atoms with E-state index in [-0.39, 0.29) is 12.5 Å². The van der Waals surface area contributed by atoms with Gasteiger partial charge in [-0.05, 0) is 43.5 Å². The van der Waals surface area contributed by atoms with E-state index >= 15 is 0 Å². The molecule has 220 valence electrons. The summed E-state index contributed by atoms with van der Waals surface area (Å²) in [7, 11) is 0. The molecule has 0 fully saturated rings. The Labute approximate surface area is 247 Å². The Morgan fingerprint density at radius 1 is 0.881 bits per heavy atom. The van der Waals surface area contributed by atoms with Gasteiger partial charge in [0.2, 0.25) is 0 Å². The predicted octanol–water partition coefficient (Wildman–Crippen LogP) is 6.36. The van der Waals surface area contributed by atoms with Crippen LogP contribution in [0, 0.1) is 0 Å². The summed E-state index contributed by atoms with van der Waals surface area (Å²) in [6, 6.07) is 14.3. The number of hydrogen-bond acceptors (Lipinski definition) is 6. The lowest BCUT2D eigenvalue weighted by atomic mass is 10.0. The average molecular weight is 570 g/mol. The third kappa shape index (κ3) is 8.49. The number of rotatable bonds is 15. The Hall–Kier alpha value is -4.53. The summed E-state index contributed by atoms with van der Waals surface area (Å²) < 4.78 is 7.51. The van der Waals surface area contributed by atoms with Gasteiger partial charge in [0, 0.05) is 42.2 Å². The highest BCUT2D eigenvalue weighted by Gasteiger charge is 2.22. The number of unbranched alkanes of at least 4 members (excludes halogenated alkanes) is 4. The molecular formula is C33H39N5O4. The van der Waals surface area contributed by atoms with Gasteiger partial charge in [-0.25, -0.2) is 14.8 Å². The van der Waals surface area contributed by atoms with Crippen molar-refractivity contribution in [2.75, 3.05) is 6.61 Å². The third-order valence-corrected chi connectivity index (χ3v) is 7.00. The maximum atomic E-state index is 12.6. The fourth-order valence-electron chi connectivity index (χ4n) is 4.47. The predicted molar refractivity (Wildman–Crippen MR) is 162 cm³/mol. The van der Waals surface area contributed by atoms with Crippen LogP contribution in [0.25, 0.3) is 22.5 Å². The molecule has 0 bridgehead atoms. The van der Waals surface area contributed by atoms with Crippen molar-refractivity contribution in [2.45, 2.75) is 71.4 Å². The van der Waals surface area contributed by atoms with E-state index in [1.54, 1.807) is 23.3 Å². The van der Waals surface area contributed by atoms with Crippen LogP contribution >= 0.6 is 0 Å². The van der Waals surface area contributed by atoms with Gasteiger partial charge < -0.3 is 15.2 Å². The number of amides is 1. The largest absolute Gasteiger partial charge is 0.494 e. The Kier molecular flexibility index (Phi) is 10.8. The monoisotopic (exact) mass is 569 g/mol. The molecule has 1 atom stereocenters. The van der Waals surface area contributed by atoms with Crippen LogP contribution in [0.4, 0.5) is 0 Å². The van der Waals surface area contributed by atoms with Gasteiger partial charge in [-0.2, -0.15) is 5.10 Å². The zero-order chi connectivity index (χ0) is 29.9. The first-order chi connectivity index (χ1) is 20.3. The number of carbonyl (C=O) groups excluding carboxylic acids is 1. The van der Waals surface area contributed by atoms with Crippen molar-refractivity contribution >= 4 is 11.9 Å². The van der Waals surface area contributed by atoms with Gasteiger partial charge in [0.25, 0.3) is 5.91 Å². The summed E-state index contributed by atoms with van der Waals surface area (Å²) >= 11 is 0. The van der Waals surface area contributed by atoms with Gasteiger partial charge >= 0.3 is 5.97 Å². The second-order valence-corrected chi connectivity index (χ2v) is 10.7. The molecule has 0 saturated carbocycles. The number of aromatic nitrogens is 4. The molecule has 2 aromatic heterocycles. The summed E-state index contributed by atoms with van der Waals surface area (Å²) in [6.07, 6.45) is 12.8. The molecule has 42 heavy (non-hydrogen) atoms. The topological polar surface area (TPSA) is 119 Å². The van der Waals surface area contributed by atoms with Crippen molar-refractivity contribution in [3.05, 3.63) is 84.4 Å². The van der Waals surface area contributed by atoms with Crippen molar-refractivity contribution < 1.29 is 19.4 Å². The Morgan fingerprint density at radius 3 is 2.17 bits per heavy atom. The summed E-state index contributed by atoms with van der Waals surface area (Å²) in [4.78, 5) is 33.5. The molecule has 2 N–H and O–H groups in total. The highest BCUT2D eigenvalue weighted by Crippen LogP contribution is 2.24. The molecule has 1 unspecified atom stereocenters. The minimum atomic E-state index is -1.11. The first-order valence-electron chi connectivity index (χ1n) is 14.6. The zero-order valence-electron chi connectivity index (χ0n) is 24.5. The van der Waals surface area contributed by atoms with Crippen molar-refractivity contribution in [1.29, 1.82) is 0 Å². The van der Waals surface area contributed by atoms with E-state index in [2.05, 4.69) is 27.3 Å². The number of nitrogens with zero attached hydrogens (tertiary/aromatic N) is 4. The van der Waals surface area contributed by atoms with E-state index in [0.29, 0.717) is 11.4 Å². The standard InChI is InChI=1S/C33H39N5O4/c1-4-5-6-7-8-17-42-29-15-13-25(14-16-29)27-19-34-31(35-20-27)26-11-9-24(10-12-26)18-30(33(40)41)37-32(39)28-21-36-38(22-28)23(2)3/h9-16,19-23,30H,4-8,17-18H2,1-3H3,(H,37,39)(H,40,41). The Morgan fingerprint density at radius 2 is 1.55 bits per heavy atom. The Bertz CT molecular complexity index is 1430. The van der Waals surface area contributed by atoms with Crippen molar-refractivity contribution in [1.82, 2.24) is 25.1 Å². The molecule has 2 heterocycles. The molecule has 0 spiro atoms. The van der Waals surface area contributed by atoms with Crippen LogP contribution < -0.4 is 10.1 Å². The highest BCUT2D eigenvalue weighted by molar-refractivity contribution is 5.96. The molecule has 4 aromatic rings. The fraction of sp³-hybridized carbons (Fsp3) is 0.364. The van der Waals surface area contributed by atoms with Crippen molar-refractivity contribution in [3.63, 3.8) is 0 Å². The number of benzene rings is 2. The molecule has 0 aliphatic rings. The number of aliphatic carboxylic acids is 1. The van der Waals surface area contributed by atoms with E-state index in [9.17, 15) is 14.7 Å². The molecular weight excluding hydrogens is 530 g/mol. The van der Waals surface area contributed by atoms with E-state index < -0.39 is 17.9 Å². The van der Waals surface area contributed by atoms with Crippen LogP contribution in [-0.4, -0.2) is 49.4 Å². The molecule has 1 amide bonds. The molecule has 2 aromatic carbocycles. The van der Waals surface area contributed by atoms with Crippen LogP contribution in [0.15, 0.2) is 73.3 Å². The van der Waals surface area contributed by atoms with E-state index in [4.69, 9.17) is 4.74 Å². The number of carboxylic acid groups (broad SMARTS) is 1. The first kappa shape index (κ1) is 30.4. The van der Waals surface area contributed by atoms with Crippen LogP contribution in [0.3, 0.4) is 0 Å². The summed E-state index contributed by atoms with van der Waals surface area (Å²) in [5.74, 6) is -0.152. The molecule has 9 nitrogen and oxygen atoms in total. The zero-order valence-corrected chi connectivity index (χ0v) is 24.5. The van der Waals surface area contributed by atoms with E-state index in [1.807, 2.05) is 62.4 Å². The van der Waals surface area contributed by atoms with Gasteiger partial charge in [0.05, 0.1) is 18.4 Å². The molecule has 0 aliphatic carbocycles. The highest BCUT2D eigenvalue weighted by atomic mass is 16.5. The van der Waals surface area contributed by atoms with Crippen LogP contribution in [0.5, 0.6) is 5.75 Å². The smallest absolute Gasteiger partial charge is 0.326 e. The Balaban J connectivity index is 1.32. The number of carbonyl (C=O) groups is 2. The number of nitrogens with one attached hydrogen (secondary N) is 1. The van der Waals surface area contributed by atoms with Gasteiger partial charge in [0.1, 0.15) is 11.8 Å². The second kappa shape index (κ2) is 14.9. The second-order valence-electron chi connectivity index (χ2n) is 10.7. The number of hydrogen-bond donors (Lipinski definition) is 2. The minimum Gasteiger partial charge on any atom is -0.494 e. The van der Waals surface area contributed by atoms with Crippen LogP contribution in [-0.2, 0) is 11.2 Å². The lowest BCUT2D eigenvalue weighted by Gasteiger charge is -2.14.